The van der Waals surface area contributed by atoms with Gasteiger partial charge in [0, 0.05) is 47.4 Å². The molecule has 230 valence electrons. The third-order valence-electron chi connectivity index (χ3n) is 8.07. The number of piperazine rings is 1. The predicted molar refractivity (Wildman–Crippen MR) is 169 cm³/mol. The highest BCUT2D eigenvalue weighted by atomic mass is 35.5. The Kier molecular flexibility index (Phi) is 7.90. The number of nitrogens with zero attached hydrogens (tertiary/aromatic N) is 5. The van der Waals surface area contributed by atoms with Crippen molar-refractivity contribution in [3.8, 4) is 11.8 Å². The van der Waals surface area contributed by atoms with Crippen molar-refractivity contribution in [2.75, 3.05) is 35.4 Å². The van der Waals surface area contributed by atoms with Crippen LogP contribution >= 0.6 is 22.9 Å². The number of carbonyl (C=O) groups is 2. The molecule has 0 bridgehead atoms. The quantitative estimate of drug-likeness (QED) is 0.290. The third kappa shape index (κ3) is 4.86. The Balaban J connectivity index is 1.69. The van der Waals surface area contributed by atoms with Crippen molar-refractivity contribution < 1.29 is 27.9 Å². The second-order valence-electron chi connectivity index (χ2n) is 10.4. The van der Waals surface area contributed by atoms with Crippen LogP contribution in [0.15, 0.2) is 83.2 Å². The normalized spacial score (nSPS) is 19.7. The van der Waals surface area contributed by atoms with E-state index in [1.165, 1.54) is 58.7 Å². The summed E-state index contributed by atoms with van der Waals surface area (Å²) in [6, 6.07) is 17.4. The molecule has 1 aromatic heterocycles. The molecule has 0 spiro atoms. The van der Waals surface area contributed by atoms with E-state index in [0.717, 1.165) is 4.31 Å². The Morgan fingerprint density at radius 1 is 1.16 bits per heavy atom. The van der Waals surface area contributed by atoms with E-state index in [0.29, 0.717) is 16.7 Å². The highest BCUT2D eigenvalue weighted by molar-refractivity contribution is 7.93. The maximum Gasteiger partial charge on any atom is 0.407 e. The Morgan fingerprint density at radius 2 is 1.91 bits per heavy atom. The maximum atomic E-state index is 15.3. The molecule has 2 aliphatic heterocycles. The number of nitriles is 1. The Labute approximate surface area is 268 Å². The number of carboxylic acid groups (broad SMARTS) is 1. The molecular formula is C31H26ClN5O6S2. The monoisotopic (exact) mass is 663 g/mol. The number of ether oxygens (including phenoxy) is 1. The summed E-state index contributed by atoms with van der Waals surface area (Å²) in [6.07, 6.45) is 0.353. The molecule has 1 N–H and O–H groups in total. The fourth-order valence-corrected chi connectivity index (χ4v) is 8.48. The Bertz CT molecular complexity index is 1930. The van der Waals surface area contributed by atoms with Crippen LogP contribution in [0.2, 0.25) is 5.02 Å². The van der Waals surface area contributed by atoms with E-state index < -0.39 is 33.5 Å². The molecule has 1 fully saturated rings. The molecule has 6 rings (SSSR count). The molecule has 3 heterocycles. The van der Waals surface area contributed by atoms with Gasteiger partial charge < -0.3 is 19.6 Å². The summed E-state index contributed by atoms with van der Waals surface area (Å²) in [5.41, 5.74) is -1.33. The lowest BCUT2D eigenvalue weighted by Gasteiger charge is -2.48. The van der Waals surface area contributed by atoms with E-state index in [-0.39, 0.29) is 52.7 Å². The van der Waals surface area contributed by atoms with Crippen LogP contribution in [0, 0.1) is 11.3 Å². The minimum absolute atomic E-state index is 0.00260. The SMILES string of the molecule is CCOc1ccccc1C1(C2CN(c3nccs3)CCN2C(=O)O)C(=O)N(S(=O)(=O)c2ccc(Cl)cc2)c2ccc(C#N)cc21. The molecule has 2 aliphatic rings. The Hall–Kier alpha value is -4.64. The summed E-state index contributed by atoms with van der Waals surface area (Å²) in [5.74, 6) is -0.615. The molecule has 2 atom stereocenters. The summed E-state index contributed by atoms with van der Waals surface area (Å²) in [7, 11) is -4.56. The predicted octanol–water partition coefficient (Wildman–Crippen LogP) is 4.96. The lowest BCUT2D eigenvalue weighted by molar-refractivity contribution is -0.122. The van der Waals surface area contributed by atoms with Gasteiger partial charge in [0.2, 0.25) is 0 Å². The summed E-state index contributed by atoms with van der Waals surface area (Å²) in [6.45, 7) is 2.29. The van der Waals surface area contributed by atoms with Crippen molar-refractivity contribution >= 4 is 55.8 Å². The van der Waals surface area contributed by atoms with Crippen molar-refractivity contribution in [3.05, 3.63) is 100 Å². The number of fused-ring (bicyclic) bond motifs is 1. The van der Waals surface area contributed by atoms with Crippen molar-refractivity contribution in [3.63, 3.8) is 0 Å². The van der Waals surface area contributed by atoms with Gasteiger partial charge in [-0.2, -0.15) is 5.26 Å². The van der Waals surface area contributed by atoms with Crippen LogP contribution < -0.4 is 13.9 Å². The van der Waals surface area contributed by atoms with Gasteiger partial charge in [-0.05, 0) is 55.5 Å². The second kappa shape index (κ2) is 11.7. The van der Waals surface area contributed by atoms with Gasteiger partial charge in [-0.15, -0.1) is 11.3 Å². The van der Waals surface area contributed by atoms with Crippen molar-refractivity contribution in [2.24, 2.45) is 0 Å². The number of carbonyl (C=O) groups excluding carboxylic acids is 1. The molecule has 11 nitrogen and oxygen atoms in total. The Morgan fingerprint density at radius 3 is 2.58 bits per heavy atom. The highest BCUT2D eigenvalue weighted by Gasteiger charge is 2.63. The van der Waals surface area contributed by atoms with Crippen LogP contribution in [0.1, 0.15) is 23.6 Å². The van der Waals surface area contributed by atoms with Gasteiger partial charge in [-0.1, -0.05) is 29.8 Å². The minimum Gasteiger partial charge on any atom is -0.494 e. The zero-order valence-corrected chi connectivity index (χ0v) is 26.2. The van der Waals surface area contributed by atoms with Gasteiger partial charge in [0.05, 0.1) is 34.9 Å². The first kappa shape index (κ1) is 30.4. The number of amides is 2. The molecule has 1 saturated heterocycles. The van der Waals surface area contributed by atoms with Gasteiger partial charge in [0.25, 0.3) is 15.9 Å². The summed E-state index contributed by atoms with van der Waals surface area (Å²) >= 11 is 7.41. The van der Waals surface area contributed by atoms with Gasteiger partial charge in [0.15, 0.2) is 5.13 Å². The number of aromatic nitrogens is 1. The summed E-state index contributed by atoms with van der Waals surface area (Å²) < 4.78 is 35.5. The third-order valence-corrected chi connectivity index (χ3v) is 10.9. The molecule has 0 saturated carbocycles. The first-order valence-electron chi connectivity index (χ1n) is 13.9. The molecule has 2 amide bonds. The van der Waals surface area contributed by atoms with E-state index in [4.69, 9.17) is 16.3 Å². The average Bonchev–Trinajstić information content (AvgIpc) is 3.66. The van der Waals surface area contributed by atoms with Crippen LogP contribution in [0.25, 0.3) is 0 Å². The zero-order chi connectivity index (χ0) is 31.9. The van der Waals surface area contributed by atoms with Crippen molar-refractivity contribution in [1.82, 2.24) is 9.88 Å². The largest absolute Gasteiger partial charge is 0.494 e. The van der Waals surface area contributed by atoms with Crippen LogP contribution in [0.5, 0.6) is 5.75 Å². The second-order valence-corrected chi connectivity index (χ2v) is 13.5. The number of para-hydroxylation sites is 1. The minimum atomic E-state index is -4.56. The van der Waals surface area contributed by atoms with E-state index in [1.807, 2.05) is 4.90 Å². The number of hydrogen-bond donors (Lipinski definition) is 1. The smallest absolute Gasteiger partial charge is 0.407 e. The first-order chi connectivity index (χ1) is 21.6. The number of anilines is 2. The van der Waals surface area contributed by atoms with E-state index in [2.05, 4.69) is 11.1 Å². The van der Waals surface area contributed by atoms with Crippen LogP contribution in [-0.2, 0) is 20.2 Å². The van der Waals surface area contributed by atoms with Gasteiger partial charge in [-0.3, -0.25) is 4.79 Å². The average molecular weight is 664 g/mol. The standard InChI is InChI=1S/C31H26ClN5O6S2/c1-2-43-26-6-4-3-5-23(26)31(27-19-35(29-34-13-16-44-29)14-15-36(27)30(39)40)24-17-20(18-33)7-12-25(24)37(28(31)38)45(41,42)22-10-8-21(32)9-11-22/h3-13,16-17,27H,2,14-15,19H2,1H3,(H,39,40). The molecule has 4 aromatic rings. The lowest BCUT2D eigenvalue weighted by Crippen LogP contribution is -2.66. The molecule has 45 heavy (non-hydrogen) atoms. The number of rotatable bonds is 7. The van der Waals surface area contributed by atoms with E-state index in [9.17, 15) is 23.6 Å². The number of hydrogen-bond acceptors (Lipinski definition) is 9. The van der Waals surface area contributed by atoms with Crippen LogP contribution in [-0.4, -0.2) is 67.7 Å². The van der Waals surface area contributed by atoms with Crippen molar-refractivity contribution in [1.29, 1.82) is 5.26 Å². The first-order valence-corrected chi connectivity index (χ1v) is 16.6. The molecule has 14 heteroatoms. The zero-order valence-electron chi connectivity index (χ0n) is 23.8. The molecule has 2 unspecified atom stereocenters. The van der Waals surface area contributed by atoms with Gasteiger partial charge in [0.1, 0.15) is 11.2 Å². The number of halogens is 1. The molecule has 3 aromatic carbocycles. The number of thiazole rings is 1. The van der Waals surface area contributed by atoms with E-state index in [1.54, 1.807) is 42.8 Å². The van der Waals surface area contributed by atoms with Gasteiger partial charge >= 0.3 is 6.09 Å². The summed E-state index contributed by atoms with van der Waals surface area (Å²) in [4.78, 5) is 35.5. The number of benzene rings is 3. The van der Waals surface area contributed by atoms with Crippen LogP contribution in [0.3, 0.4) is 0 Å². The molecule has 0 radical (unpaired) electrons. The van der Waals surface area contributed by atoms with E-state index >= 15 is 4.79 Å². The number of sulfonamides is 1. The maximum absolute atomic E-state index is 15.3. The molecular weight excluding hydrogens is 638 g/mol. The summed E-state index contributed by atoms with van der Waals surface area (Å²) in [5, 5.41) is 23.2. The lowest BCUT2D eigenvalue weighted by atomic mass is 9.68. The molecule has 0 aliphatic carbocycles. The van der Waals surface area contributed by atoms with Gasteiger partial charge in [-0.25, -0.2) is 22.5 Å². The fraction of sp³-hybridized carbons (Fsp3) is 0.226. The van der Waals surface area contributed by atoms with Crippen LogP contribution in [0.4, 0.5) is 15.6 Å². The van der Waals surface area contributed by atoms with Crippen molar-refractivity contribution in [2.45, 2.75) is 23.3 Å². The topological polar surface area (TPSA) is 144 Å². The fourth-order valence-electron chi connectivity index (χ4n) is 6.20. The highest BCUT2D eigenvalue weighted by Crippen LogP contribution is 2.54.